The van der Waals surface area contributed by atoms with Gasteiger partial charge in [0, 0.05) is 16.2 Å². The van der Waals surface area contributed by atoms with Crippen molar-refractivity contribution in [3.63, 3.8) is 0 Å². The van der Waals surface area contributed by atoms with E-state index in [1.54, 1.807) is 19.2 Å². The monoisotopic (exact) mass is 442 g/mol. The topological polar surface area (TPSA) is 112 Å². The van der Waals surface area contributed by atoms with Crippen LogP contribution in [0.15, 0.2) is 64.6 Å². The van der Waals surface area contributed by atoms with Gasteiger partial charge in [0.15, 0.2) is 10.9 Å². The number of hydrogen-bond donors (Lipinski definition) is 2. The molecule has 7 nitrogen and oxygen atoms in total. The standard InChI is InChI=1S/C21H16F2N4O3S/c1-30-13-8-6-12(7-9-13)11-31-17-10-14(21(28)29)19(18(23)20(17)26-27-24)25-16-5-3-2-4-15(16)22/h2-10,24-25H,11H2,1H3. The zero-order valence-electron chi connectivity index (χ0n) is 16.2. The highest BCUT2D eigenvalue weighted by Crippen LogP contribution is 2.40. The maximum Gasteiger partial charge on any atom is 0.220 e. The van der Waals surface area contributed by atoms with E-state index >= 15 is 4.39 Å². The fourth-order valence-electron chi connectivity index (χ4n) is 2.73. The molecule has 10 heteroatoms. The average molecular weight is 442 g/mol. The summed E-state index contributed by atoms with van der Waals surface area (Å²) in [6.07, 6.45) is 0. The zero-order chi connectivity index (χ0) is 22.4. The van der Waals surface area contributed by atoms with Gasteiger partial charge in [0.1, 0.15) is 17.1 Å². The quantitative estimate of drug-likeness (QED) is 0.302. The van der Waals surface area contributed by atoms with Crippen molar-refractivity contribution in [2.45, 2.75) is 10.6 Å². The number of hydrogen-bond acceptors (Lipinski definition) is 7. The number of para-hydroxylation sites is 1. The Hall–Kier alpha value is -3.75. The lowest BCUT2D eigenvalue weighted by Gasteiger charge is -2.17. The van der Waals surface area contributed by atoms with Gasteiger partial charge in [-0.05, 0) is 35.9 Å². The molecule has 0 aromatic heterocycles. The number of benzene rings is 3. The maximum atomic E-state index is 15.2. The number of carboxylic acids is 1. The second-order valence-electron chi connectivity index (χ2n) is 6.19. The second kappa shape index (κ2) is 9.84. The average Bonchev–Trinajstić information content (AvgIpc) is 2.77. The van der Waals surface area contributed by atoms with Gasteiger partial charge in [0.25, 0.3) is 0 Å². The van der Waals surface area contributed by atoms with Crippen LogP contribution < -0.4 is 20.1 Å². The van der Waals surface area contributed by atoms with Crippen LogP contribution >= 0.6 is 11.8 Å². The van der Waals surface area contributed by atoms with Gasteiger partial charge >= 0.3 is 0 Å². The van der Waals surface area contributed by atoms with E-state index in [9.17, 15) is 14.3 Å². The van der Waals surface area contributed by atoms with Gasteiger partial charge in [-0.2, -0.15) is 0 Å². The predicted molar refractivity (Wildman–Crippen MR) is 110 cm³/mol. The van der Waals surface area contributed by atoms with E-state index in [-0.39, 0.29) is 16.3 Å². The highest BCUT2D eigenvalue weighted by atomic mass is 32.2. The Morgan fingerprint density at radius 3 is 2.55 bits per heavy atom. The van der Waals surface area contributed by atoms with Crippen molar-refractivity contribution < 1.29 is 23.4 Å². The summed E-state index contributed by atoms with van der Waals surface area (Å²) < 4.78 is 34.3. The molecule has 3 aromatic rings. The lowest BCUT2D eigenvalue weighted by molar-refractivity contribution is -0.254. The molecule has 2 N–H and O–H groups in total. The number of halogens is 2. The maximum absolute atomic E-state index is 15.2. The van der Waals surface area contributed by atoms with E-state index in [4.69, 9.17) is 10.3 Å². The van der Waals surface area contributed by atoms with Crippen LogP contribution in [-0.2, 0) is 5.75 Å². The highest BCUT2D eigenvalue weighted by Gasteiger charge is 2.23. The van der Waals surface area contributed by atoms with Gasteiger partial charge < -0.3 is 20.0 Å². The third-order valence-corrected chi connectivity index (χ3v) is 5.36. The summed E-state index contributed by atoms with van der Waals surface area (Å²) in [5, 5.41) is 17.6. The number of thioether (sulfide) groups is 1. The van der Waals surface area contributed by atoms with Crippen molar-refractivity contribution >= 4 is 34.8 Å². The van der Waals surface area contributed by atoms with Crippen LogP contribution in [0.4, 0.5) is 25.8 Å². The number of nitrogens with zero attached hydrogens (tertiary/aromatic N) is 2. The van der Waals surface area contributed by atoms with Crippen LogP contribution in [0.25, 0.3) is 0 Å². The van der Waals surface area contributed by atoms with E-state index in [0.29, 0.717) is 11.5 Å². The van der Waals surface area contributed by atoms with Crippen molar-refractivity contribution in [2.24, 2.45) is 5.11 Å². The van der Waals surface area contributed by atoms with Crippen molar-refractivity contribution in [1.82, 2.24) is 4.91 Å². The van der Waals surface area contributed by atoms with Crippen molar-refractivity contribution in [3.8, 4) is 5.75 Å². The number of anilines is 2. The Balaban J connectivity index is 2.02. The first kappa shape index (κ1) is 21.9. The molecule has 0 aliphatic heterocycles. The molecule has 0 atom stereocenters. The molecule has 0 radical (unpaired) electrons. The first-order valence-electron chi connectivity index (χ1n) is 8.87. The largest absolute Gasteiger partial charge is 0.545 e. The normalized spacial score (nSPS) is 10.3. The first-order chi connectivity index (χ1) is 14.9. The van der Waals surface area contributed by atoms with Crippen LogP contribution in [0.2, 0.25) is 0 Å². The Bertz CT molecular complexity index is 1170. The molecular formula is C21H16F2N4O3S. The minimum atomic E-state index is -1.65. The molecule has 3 aromatic carbocycles. The molecule has 0 fully saturated rings. The summed E-state index contributed by atoms with van der Waals surface area (Å²) in [4.78, 5) is 14.7. The van der Waals surface area contributed by atoms with Crippen LogP contribution in [0.3, 0.4) is 0 Å². The number of ether oxygens (including phenoxy) is 1. The number of aromatic carboxylic acids is 1. The van der Waals surface area contributed by atoms with Gasteiger partial charge in [0.05, 0.1) is 24.5 Å². The molecular weight excluding hydrogens is 426 g/mol. The molecule has 0 unspecified atom stereocenters. The van der Waals surface area contributed by atoms with Crippen LogP contribution in [0.1, 0.15) is 15.9 Å². The van der Waals surface area contributed by atoms with Gasteiger partial charge in [-0.1, -0.05) is 24.3 Å². The Morgan fingerprint density at radius 1 is 1.23 bits per heavy atom. The van der Waals surface area contributed by atoms with Crippen LogP contribution in [0, 0.1) is 17.2 Å². The number of rotatable bonds is 8. The summed E-state index contributed by atoms with van der Waals surface area (Å²) in [5.41, 5.74) is 6.36. The second-order valence-corrected chi connectivity index (χ2v) is 7.21. The number of carboxylic acid groups (broad SMARTS) is 1. The highest BCUT2D eigenvalue weighted by molar-refractivity contribution is 7.98. The number of nitrogens with one attached hydrogen (secondary N) is 2. The number of methoxy groups -OCH3 is 1. The summed E-state index contributed by atoms with van der Waals surface area (Å²) in [6.45, 7) is 0. The molecule has 0 aliphatic carbocycles. The molecule has 31 heavy (non-hydrogen) atoms. The van der Waals surface area contributed by atoms with Crippen LogP contribution in [-0.4, -0.2) is 13.1 Å². The molecule has 0 spiro atoms. The lowest BCUT2D eigenvalue weighted by Crippen LogP contribution is -2.24. The Kier molecular flexibility index (Phi) is 6.96. The minimum absolute atomic E-state index is 0.128. The van der Waals surface area contributed by atoms with E-state index in [1.807, 2.05) is 12.1 Å². The molecule has 3 rings (SSSR count). The molecule has 0 saturated carbocycles. The summed E-state index contributed by atoms with van der Waals surface area (Å²) >= 11 is 1.11. The molecule has 0 aliphatic rings. The zero-order valence-corrected chi connectivity index (χ0v) is 17.0. The molecule has 158 valence electrons. The fraction of sp³-hybridized carbons (Fsp3) is 0.0952. The fourth-order valence-corrected chi connectivity index (χ4v) is 3.72. The number of carbonyl (C=O) groups is 1. The molecule has 0 amide bonds. The van der Waals surface area contributed by atoms with Gasteiger partial charge in [-0.25, -0.2) is 8.78 Å². The van der Waals surface area contributed by atoms with Crippen molar-refractivity contribution in [3.05, 3.63) is 77.4 Å². The van der Waals surface area contributed by atoms with Crippen molar-refractivity contribution in [2.75, 3.05) is 12.4 Å². The third-order valence-electron chi connectivity index (χ3n) is 4.26. The summed E-state index contributed by atoms with van der Waals surface area (Å²) in [7, 11) is 1.54. The van der Waals surface area contributed by atoms with Crippen LogP contribution in [0.5, 0.6) is 5.75 Å². The van der Waals surface area contributed by atoms with Gasteiger partial charge in [-0.15, -0.1) is 11.8 Å². The van der Waals surface area contributed by atoms with Gasteiger partial charge in [0.2, 0.25) is 10.6 Å². The lowest BCUT2D eigenvalue weighted by atomic mass is 10.1. The Labute approximate surface area is 180 Å². The minimum Gasteiger partial charge on any atom is -0.545 e. The number of carbonyl (C=O) groups excluding carboxylic acids is 1. The molecule has 0 heterocycles. The molecule has 0 bridgehead atoms. The predicted octanol–water partition coefficient (Wildman–Crippen LogP) is 4.55. The van der Waals surface area contributed by atoms with E-state index in [1.165, 1.54) is 24.3 Å². The SMILES string of the molecule is COc1ccc(CSc2cc(C(=O)[O-])c(Nc3ccccc3F)c(F)c2N=[N+]=N)cc1. The summed E-state index contributed by atoms with van der Waals surface area (Å²) in [6, 6.07) is 13.7. The van der Waals surface area contributed by atoms with E-state index < -0.39 is 28.9 Å². The third kappa shape index (κ3) is 5.06. The first-order valence-corrected chi connectivity index (χ1v) is 9.85. The van der Waals surface area contributed by atoms with E-state index in [2.05, 4.69) is 15.3 Å². The van der Waals surface area contributed by atoms with Gasteiger partial charge in [-0.3, -0.25) is 0 Å². The summed E-state index contributed by atoms with van der Waals surface area (Å²) in [5.74, 6) is -2.41. The Morgan fingerprint density at radius 2 is 1.94 bits per heavy atom. The van der Waals surface area contributed by atoms with Crippen molar-refractivity contribution in [1.29, 1.82) is 5.53 Å². The smallest absolute Gasteiger partial charge is 0.220 e. The molecule has 0 saturated heterocycles. The van der Waals surface area contributed by atoms with E-state index in [0.717, 1.165) is 23.4 Å².